The minimum absolute atomic E-state index is 0.113. The monoisotopic (exact) mass is 471 g/mol. The lowest BCUT2D eigenvalue weighted by Gasteiger charge is -2.33. The van der Waals surface area contributed by atoms with E-state index >= 15 is 0 Å². The largest absolute Gasteiger partial charge is 0.495 e. The van der Waals surface area contributed by atoms with Gasteiger partial charge in [-0.2, -0.15) is 0 Å². The molecule has 0 aliphatic carbocycles. The molecule has 0 amide bonds. The summed E-state index contributed by atoms with van der Waals surface area (Å²) in [5.74, 6) is 0.308. The van der Waals surface area contributed by atoms with Crippen molar-refractivity contribution in [3.05, 3.63) is 48.2 Å². The summed E-state index contributed by atoms with van der Waals surface area (Å²) in [5, 5.41) is 4.28. The van der Waals surface area contributed by atoms with E-state index in [0.717, 1.165) is 41.7 Å². The van der Waals surface area contributed by atoms with Crippen molar-refractivity contribution < 1.29 is 17.6 Å². The molecule has 3 aromatic rings. The normalized spacial score (nSPS) is 17.2. The fraction of sp³-hybridized carbons (Fsp3) is 0.440. The van der Waals surface area contributed by atoms with Gasteiger partial charge in [-0.25, -0.2) is 8.42 Å². The van der Waals surface area contributed by atoms with E-state index in [4.69, 9.17) is 9.15 Å². The van der Waals surface area contributed by atoms with E-state index in [1.54, 1.807) is 30.5 Å². The summed E-state index contributed by atoms with van der Waals surface area (Å²) in [6.45, 7) is 7.15. The van der Waals surface area contributed by atoms with Gasteiger partial charge >= 0.3 is 0 Å². The third-order valence-corrected chi connectivity index (χ3v) is 7.69. The van der Waals surface area contributed by atoms with Gasteiger partial charge in [0.15, 0.2) is 5.58 Å². The molecule has 2 heterocycles. The van der Waals surface area contributed by atoms with Crippen LogP contribution in [0.25, 0.3) is 11.0 Å². The summed E-state index contributed by atoms with van der Waals surface area (Å²) in [6.07, 6.45) is 6.49. The number of fused-ring (bicyclic) bond motifs is 1. The lowest BCUT2D eigenvalue weighted by molar-refractivity contribution is 0.160. The topological polar surface area (TPSA) is 83.8 Å². The van der Waals surface area contributed by atoms with Crippen molar-refractivity contribution >= 4 is 32.4 Å². The Hall–Kier alpha value is -2.71. The van der Waals surface area contributed by atoms with Gasteiger partial charge in [-0.05, 0) is 75.5 Å². The lowest BCUT2D eigenvalue weighted by atomic mass is 10.0. The zero-order valence-electron chi connectivity index (χ0n) is 19.6. The fourth-order valence-corrected chi connectivity index (χ4v) is 5.77. The Labute approximate surface area is 196 Å². The van der Waals surface area contributed by atoms with Gasteiger partial charge in [-0.1, -0.05) is 12.5 Å². The fourth-order valence-electron chi connectivity index (χ4n) is 4.47. The molecule has 1 atom stereocenters. The third kappa shape index (κ3) is 5.45. The number of hydrogen-bond acceptors (Lipinski definition) is 6. The zero-order valence-corrected chi connectivity index (χ0v) is 20.4. The van der Waals surface area contributed by atoms with Crippen molar-refractivity contribution in [2.24, 2.45) is 0 Å². The summed E-state index contributed by atoms with van der Waals surface area (Å²) >= 11 is 0. The lowest BCUT2D eigenvalue weighted by Crippen LogP contribution is -2.38. The molecule has 1 aliphatic rings. The summed E-state index contributed by atoms with van der Waals surface area (Å²) in [4.78, 5) is 2.66. The first-order valence-corrected chi connectivity index (χ1v) is 13.0. The number of hydrogen-bond donors (Lipinski definition) is 2. The molecule has 0 spiro atoms. The Morgan fingerprint density at radius 1 is 1.18 bits per heavy atom. The van der Waals surface area contributed by atoms with E-state index in [1.807, 2.05) is 19.1 Å². The minimum atomic E-state index is -3.83. The van der Waals surface area contributed by atoms with Gasteiger partial charge in [0.25, 0.3) is 10.0 Å². The molecule has 4 rings (SSSR count). The van der Waals surface area contributed by atoms with Crippen molar-refractivity contribution in [1.29, 1.82) is 0 Å². The molecule has 1 aliphatic heterocycles. The summed E-state index contributed by atoms with van der Waals surface area (Å²) in [5.41, 5.74) is 2.81. The molecular formula is C25H33N3O4S. The first-order chi connectivity index (χ1) is 15.9. The van der Waals surface area contributed by atoms with Crippen LogP contribution in [0.5, 0.6) is 5.75 Å². The van der Waals surface area contributed by atoms with Gasteiger partial charge in [-0.3, -0.25) is 4.72 Å². The quantitative estimate of drug-likeness (QED) is 0.416. The number of sulfonamides is 1. The Kier molecular flexibility index (Phi) is 7.14. The Morgan fingerprint density at radius 3 is 2.82 bits per heavy atom. The molecule has 33 heavy (non-hydrogen) atoms. The molecule has 1 fully saturated rings. The van der Waals surface area contributed by atoms with Gasteiger partial charge in [0.05, 0.1) is 24.7 Å². The van der Waals surface area contributed by atoms with Crippen molar-refractivity contribution in [3.63, 3.8) is 0 Å². The van der Waals surface area contributed by atoms with E-state index in [0.29, 0.717) is 17.5 Å². The number of furan rings is 1. The van der Waals surface area contributed by atoms with E-state index < -0.39 is 10.0 Å². The molecule has 1 saturated heterocycles. The average Bonchev–Trinajstić information content (AvgIpc) is 3.26. The van der Waals surface area contributed by atoms with Gasteiger partial charge in [0.2, 0.25) is 0 Å². The van der Waals surface area contributed by atoms with Crippen molar-refractivity contribution in [2.75, 3.05) is 36.8 Å². The predicted octanol–water partition coefficient (Wildman–Crippen LogP) is 5.23. The summed E-state index contributed by atoms with van der Waals surface area (Å²) < 4.78 is 39.9. The zero-order chi connectivity index (χ0) is 23.4. The molecule has 0 saturated carbocycles. The van der Waals surface area contributed by atoms with Gasteiger partial charge in [0.1, 0.15) is 10.6 Å². The van der Waals surface area contributed by atoms with Crippen LogP contribution in [0.2, 0.25) is 0 Å². The van der Waals surface area contributed by atoms with Crippen LogP contribution in [0.4, 0.5) is 11.4 Å². The van der Waals surface area contributed by atoms with Gasteiger partial charge < -0.3 is 19.4 Å². The number of methoxy groups -OCH3 is 1. The average molecular weight is 472 g/mol. The van der Waals surface area contributed by atoms with Gasteiger partial charge in [0, 0.05) is 24.5 Å². The van der Waals surface area contributed by atoms with E-state index in [2.05, 4.69) is 21.9 Å². The molecular weight excluding hydrogens is 438 g/mol. The van der Waals surface area contributed by atoms with E-state index in [1.165, 1.54) is 32.9 Å². The second-order valence-electron chi connectivity index (χ2n) is 8.78. The molecule has 0 bridgehead atoms. The van der Waals surface area contributed by atoms with Crippen LogP contribution >= 0.6 is 0 Å². The number of aryl methyl sites for hydroxylation is 1. The molecule has 1 aromatic heterocycles. The maximum absolute atomic E-state index is 13.1. The van der Waals surface area contributed by atoms with Crippen molar-refractivity contribution in [3.8, 4) is 5.75 Å². The SMILES string of the molecule is COc1ccc(C)cc1S(=O)(=O)Nc1cc(NCCCN2CCCCC2C)c2occc2c1. The smallest absolute Gasteiger partial charge is 0.265 e. The van der Waals surface area contributed by atoms with Crippen molar-refractivity contribution in [2.45, 2.75) is 50.5 Å². The van der Waals surface area contributed by atoms with E-state index in [-0.39, 0.29) is 4.90 Å². The molecule has 0 radical (unpaired) electrons. The highest BCUT2D eigenvalue weighted by Gasteiger charge is 2.21. The summed E-state index contributed by atoms with van der Waals surface area (Å²) in [7, 11) is -2.37. The maximum Gasteiger partial charge on any atom is 0.265 e. The first-order valence-electron chi connectivity index (χ1n) is 11.5. The predicted molar refractivity (Wildman–Crippen MR) is 133 cm³/mol. The molecule has 2 N–H and O–H groups in total. The van der Waals surface area contributed by atoms with Crippen molar-refractivity contribution in [1.82, 2.24) is 4.90 Å². The van der Waals surface area contributed by atoms with Crippen LogP contribution in [-0.2, 0) is 10.0 Å². The van der Waals surface area contributed by atoms with Crippen LogP contribution in [0.3, 0.4) is 0 Å². The number of piperidine rings is 1. The Morgan fingerprint density at radius 2 is 2.03 bits per heavy atom. The number of anilines is 2. The number of likely N-dealkylation sites (tertiary alicyclic amines) is 1. The third-order valence-electron chi connectivity index (χ3n) is 6.29. The standard InChI is InChI=1S/C25H33N3O4S/c1-18-8-9-23(31-3)24(15-18)33(29,30)27-21-16-20-10-14-32-25(20)22(17-21)26-11-6-13-28-12-5-4-7-19(28)2/h8-10,14-17,19,26-27H,4-7,11-13H2,1-3H3. The first kappa shape index (κ1) is 23.4. The number of ether oxygens (including phenoxy) is 1. The molecule has 1 unspecified atom stereocenters. The second-order valence-corrected chi connectivity index (χ2v) is 10.4. The van der Waals surface area contributed by atoms with Crippen LogP contribution < -0.4 is 14.8 Å². The minimum Gasteiger partial charge on any atom is -0.495 e. The molecule has 2 aromatic carbocycles. The summed E-state index contributed by atoms with van der Waals surface area (Å²) in [6, 6.07) is 11.1. The second kappa shape index (κ2) is 10.1. The van der Waals surface area contributed by atoms with Crippen LogP contribution in [0.1, 0.15) is 38.2 Å². The highest BCUT2D eigenvalue weighted by molar-refractivity contribution is 7.92. The number of benzene rings is 2. The molecule has 7 nitrogen and oxygen atoms in total. The highest BCUT2D eigenvalue weighted by atomic mass is 32.2. The Bertz CT molecular complexity index is 1210. The van der Waals surface area contributed by atoms with Crippen LogP contribution in [-0.4, -0.2) is 46.1 Å². The van der Waals surface area contributed by atoms with Crippen LogP contribution in [0.15, 0.2) is 52.0 Å². The Balaban J connectivity index is 1.50. The van der Waals surface area contributed by atoms with E-state index in [9.17, 15) is 8.42 Å². The highest BCUT2D eigenvalue weighted by Crippen LogP contribution is 2.32. The maximum atomic E-state index is 13.1. The number of nitrogens with zero attached hydrogens (tertiary/aromatic N) is 1. The molecule has 178 valence electrons. The number of rotatable bonds is 9. The van der Waals surface area contributed by atoms with Gasteiger partial charge in [-0.15, -0.1) is 0 Å². The molecule has 8 heteroatoms. The van der Waals surface area contributed by atoms with Crippen LogP contribution in [0, 0.1) is 6.92 Å². The number of nitrogens with one attached hydrogen (secondary N) is 2.